The molecule has 1 saturated heterocycles. The van der Waals surface area contributed by atoms with Crippen molar-refractivity contribution in [1.82, 2.24) is 5.32 Å². The maximum atomic E-state index is 13.1. The number of hydrogen-bond donors (Lipinski definition) is 2. The van der Waals surface area contributed by atoms with E-state index >= 15 is 0 Å². The Morgan fingerprint density at radius 1 is 1.47 bits per heavy atom. The second kappa shape index (κ2) is 4.90. The zero-order chi connectivity index (χ0) is 13.4. The van der Waals surface area contributed by atoms with Crippen LogP contribution in [-0.4, -0.2) is 30.7 Å². The fourth-order valence-electron chi connectivity index (χ4n) is 2.99. The smallest absolute Gasteiger partial charge is 0.251 e. The van der Waals surface area contributed by atoms with Gasteiger partial charge in [0.2, 0.25) is 0 Å². The highest BCUT2D eigenvalue weighted by Crippen LogP contribution is 2.37. The summed E-state index contributed by atoms with van der Waals surface area (Å²) in [6, 6.07) is 5.40. The van der Waals surface area contributed by atoms with Gasteiger partial charge in [-0.3, -0.25) is 4.79 Å². The molecule has 19 heavy (non-hydrogen) atoms. The first kappa shape index (κ1) is 12.6. The van der Waals surface area contributed by atoms with Gasteiger partial charge in [-0.2, -0.15) is 0 Å². The van der Waals surface area contributed by atoms with Gasteiger partial charge >= 0.3 is 0 Å². The van der Waals surface area contributed by atoms with E-state index in [2.05, 4.69) is 5.32 Å². The lowest BCUT2D eigenvalue weighted by atomic mass is 9.68. The van der Waals surface area contributed by atoms with E-state index in [-0.39, 0.29) is 24.1 Å². The minimum atomic E-state index is -0.419. The fourth-order valence-corrected chi connectivity index (χ4v) is 2.99. The zero-order valence-electron chi connectivity index (χ0n) is 10.5. The second-order valence-electron chi connectivity index (χ2n) is 5.23. The maximum absolute atomic E-state index is 13.1. The summed E-state index contributed by atoms with van der Waals surface area (Å²) in [7, 11) is 0. The summed E-state index contributed by atoms with van der Waals surface area (Å²) in [6.45, 7) is 0.722. The summed E-state index contributed by atoms with van der Waals surface area (Å²) in [5.74, 6) is -0.378. The molecule has 4 nitrogen and oxygen atoms in total. The first-order valence-electron chi connectivity index (χ1n) is 6.60. The fraction of sp³-hybridized carbons (Fsp3) is 0.500. The van der Waals surface area contributed by atoms with Crippen molar-refractivity contribution in [3.8, 4) is 0 Å². The lowest BCUT2D eigenvalue weighted by molar-refractivity contribution is -0.117. The Morgan fingerprint density at radius 2 is 2.32 bits per heavy atom. The van der Waals surface area contributed by atoms with Gasteiger partial charge < -0.3 is 15.8 Å². The van der Waals surface area contributed by atoms with Crippen LogP contribution in [0.25, 0.3) is 0 Å². The number of carbonyl (C=O) groups excluding carboxylic acids is 1. The Balaban J connectivity index is 1.67. The van der Waals surface area contributed by atoms with Crippen LogP contribution in [0.4, 0.5) is 4.39 Å². The van der Waals surface area contributed by atoms with Crippen molar-refractivity contribution in [3.05, 3.63) is 35.6 Å². The number of nitrogens with two attached hydrogens (primary N) is 1. The van der Waals surface area contributed by atoms with Crippen LogP contribution < -0.4 is 11.1 Å². The number of amides is 1. The summed E-state index contributed by atoms with van der Waals surface area (Å²) in [5.41, 5.74) is 6.38. The molecule has 1 aromatic carbocycles. The molecular weight excluding hydrogens is 247 g/mol. The highest BCUT2D eigenvalue weighted by Gasteiger charge is 2.51. The molecule has 0 aromatic heterocycles. The van der Waals surface area contributed by atoms with Crippen molar-refractivity contribution < 1.29 is 13.9 Å². The van der Waals surface area contributed by atoms with Crippen LogP contribution in [-0.2, 0) is 4.74 Å². The highest BCUT2D eigenvalue weighted by atomic mass is 19.1. The normalized spacial score (nSPS) is 33.2. The molecule has 0 bridgehead atoms. The van der Waals surface area contributed by atoms with Gasteiger partial charge in [0.05, 0.1) is 12.1 Å². The molecule has 1 aromatic rings. The highest BCUT2D eigenvalue weighted by molar-refractivity contribution is 5.94. The predicted molar refractivity (Wildman–Crippen MR) is 68.1 cm³/mol. The van der Waals surface area contributed by atoms with Crippen LogP contribution in [0.3, 0.4) is 0 Å². The number of halogens is 1. The predicted octanol–water partition coefficient (Wildman–Crippen LogP) is 1.06. The Labute approximate surface area is 111 Å². The number of ether oxygens (including phenoxy) is 1. The molecular formula is C14H17FN2O2. The number of carbonyl (C=O) groups is 1. The van der Waals surface area contributed by atoms with E-state index < -0.39 is 5.82 Å². The van der Waals surface area contributed by atoms with Crippen molar-refractivity contribution in [1.29, 1.82) is 0 Å². The lowest BCUT2D eigenvalue weighted by Crippen LogP contribution is -2.72. The minimum absolute atomic E-state index is 0.0151. The van der Waals surface area contributed by atoms with Crippen molar-refractivity contribution >= 4 is 5.91 Å². The first-order chi connectivity index (χ1) is 9.16. The van der Waals surface area contributed by atoms with Crippen LogP contribution in [0.5, 0.6) is 0 Å². The lowest BCUT2D eigenvalue weighted by Gasteiger charge is -2.52. The molecule has 4 unspecified atom stereocenters. The molecule has 3 rings (SSSR count). The number of rotatable bonds is 2. The molecule has 5 heteroatoms. The Hall–Kier alpha value is -1.46. The largest absolute Gasteiger partial charge is 0.376 e. The van der Waals surface area contributed by atoms with Crippen LogP contribution in [0, 0.1) is 11.7 Å². The standard InChI is InChI=1S/C14H17FN2O2/c15-9-4-1-3-8(7-9)14(18)17-12-11(16)10-5-2-6-19-13(10)12/h1,3-4,7,10-13H,2,5-6,16H2,(H,17,18). The first-order valence-corrected chi connectivity index (χ1v) is 6.60. The maximum Gasteiger partial charge on any atom is 0.251 e. The van der Waals surface area contributed by atoms with Gasteiger partial charge in [-0.25, -0.2) is 4.39 Å². The quantitative estimate of drug-likeness (QED) is 0.839. The van der Waals surface area contributed by atoms with Crippen molar-refractivity contribution in [2.45, 2.75) is 31.0 Å². The molecule has 1 aliphatic carbocycles. The van der Waals surface area contributed by atoms with Gasteiger partial charge in [0, 0.05) is 24.1 Å². The van der Waals surface area contributed by atoms with E-state index in [1.54, 1.807) is 6.07 Å². The minimum Gasteiger partial charge on any atom is -0.376 e. The summed E-state index contributed by atoms with van der Waals surface area (Å²) in [6.07, 6.45) is 2.10. The Kier molecular flexibility index (Phi) is 3.24. The summed E-state index contributed by atoms with van der Waals surface area (Å²) in [5, 5.41) is 2.85. The topological polar surface area (TPSA) is 64.3 Å². The van der Waals surface area contributed by atoms with Crippen molar-refractivity contribution in [2.75, 3.05) is 6.61 Å². The van der Waals surface area contributed by atoms with E-state index in [1.165, 1.54) is 18.2 Å². The van der Waals surface area contributed by atoms with E-state index in [0.717, 1.165) is 19.4 Å². The average Bonchev–Trinajstić information content (AvgIpc) is 2.44. The molecule has 1 saturated carbocycles. The van der Waals surface area contributed by atoms with Gasteiger partial charge in [-0.15, -0.1) is 0 Å². The molecule has 1 aliphatic heterocycles. The monoisotopic (exact) mass is 264 g/mol. The number of hydrogen-bond acceptors (Lipinski definition) is 3. The SMILES string of the molecule is NC1C2CCCOC2C1NC(=O)c1cccc(F)c1. The van der Waals surface area contributed by atoms with E-state index in [9.17, 15) is 9.18 Å². The number of benzene rings is 1. The number of fused-ring (bicyclic) bond motifs is 1. The van der Waals surface area contributed by atoms with Crippen LogP contribution in [0.1, 0.15) is 23.2 Å². The third-order valence-corrected chi connectivity index (χ3v) is 4.06. The Morgan fingerprint density at radius 3 is 3.11 bits per heavy atom. The van der Waals surface area contributed by atoms with Gasteiger partial charge in [-0.1, -0.05) is 6.07 Å². The molecule has 1 heterocycles. The molecule has 2 aliphatic rings. The van der Waals surface area contributed by atoms with Crippen molar-refractivity contribution in [3.63, 3.8) is 0 Å². The molecule has 1 amide bonds. The van der Waals surface area contributed by atoms with Gasteiger partial charge in [0.25, 0.3) is 5.91 Å². The van der Waals surface area contributed by atoms with Crippen molar-refractivity contribution in [2.24, 2.45) is 11.7 Å². The Bertz CT molecular complexity index is 494. The molecule has 2 fully saturated rings. The average molecular weight is 264 g/mol. The molecule has 0 radical (unpaired) electrons. The molecule has 4 atom stereocenters. The third kappa shape index (κ3) is 2.24. The molecule has 0 spiro atoms. The van der Waals surface area contributed by atoms with E-state index in [1.807, 2.05) is 0 Å². The number of nitrogens with one attached hydrogen (secondary N) is 1. The van der Waals surface area contributed by atoms with E-state index in [4.69, 9.17) is 10.5 Å². The second-order valence-corrected chi connectivity index (χ2v) is 5.23. The summed E-state index contributed by atoms with van der Waals surface area (Å²) >= 11 is 0. The zero-order valence-corrected chi connectivity index (χ0v) is 10.5. The van der Waals surface area contributed by atoms with Crippen LogP contribution >= 0.6 is 0 Å². The van der Waals surface area contributed by atoms with Crippen LogP contribution in [0.15, 0.2) is 24.3 Å². The van der Waals surface area contributed by atoms with Gasteiger partial charge in [-0.05, 0) is 31.0 Å². The van der Waals surface area contributed by atoms with Gasteiger partial charge in [0.15, 0.2) is 0 Å². The van der Waals surface area contributed by atoms with Gasteiger partial charge in [0.1, 0.15) is 5.82 Å². The molecule has 102 valence electrons. The van der Waals surface area contributed by atoms with Crippen LogP contribution in [0.2, 0.25) is 0 Å². The third-order valence-electron chi connectivity index (χ3n) is 4.06. The van der Waals surface area contributed by atoms with E-state index in [0.29, 0.717) is 11.5 Å². The summed E-state index contributed by atoms with van der Waals surface area (Å²) in [4.78, 5) is 12.0. The molecule has 3 N–H and O–H groups in total. The summed E-state index contributed by atoms with van der Waals surface area (Å²) < 4.78 is 18.7.